The lowest BCUT2D eigenvalue weighted by Crippen LogP contribution is -2.46. The predicted octanol–water partition coefficient (Wildman–Crippen LogP) is 6.21. The molecule has 3 aromatic rings. The van der Waals surface area contributed by atoms with Gasteiger partial charge in [0.2, 0.25) is 5.91 Å². The molecule has 0 saturated carbocycles. The van der Waals surface area contributed by atoms with Gasteiger partial charge >= 0.3 is 11.9 Å². The Labute approximate surface area is 270 Å². The normalized spacial score (nSPS) is 12.9. The number of hydrogen-bond donors (Lipinski definition) is 4. The zero-order chi connectivity index (χ0) is 33.1. The van der Waals surface area contributed by atoms with Crippen LogP contribution in [0.1, 0.15) is 55.8 Å². The molecule has 2 atom stereocenters. The minimum atomic E-state index is -1.26. The second-order valence-electron chi connectivity index (χ2n) is 10.8. The van der Waals surface area contributed by atoms with Gasteiger partial charge in [-0.3, -0.25) is 10.1 Å². The van der Waals surface area contributed by atoms with E-state index in [1.165, 1.54) is 0 Å². The summed E-state index contributed by atoms with van der Waals surface area (Å²) < 4.78 is 0. The van der Waals surface area contributed by atoms with Crippen LogP contribution in [0, 0.1) is 17.2 Å². The van der Waals surface area contributed by atoms with Crippen molar-refractivity contribution in [3.63, 3.8) is 0 Å². The first-order chi connectivity index (χ1) is 21.6. The van der Waals surface area contributed by atoms with E-state index in [-0.39, 0.29) is 23.9 Å². The highest BCUT2D eigenvalue weighted by Gasteiger charge is 2.35. The molecule has 3 rings (SSSR count). The van der Waals surface area contributed by atoms with E-state index >= 15 is 0 Å². The van der Waals surface area contributed by atoms with E-state index in [2.05, 4.69) is 61.1 Å². The number of nitriles is 1. The van der Waals surface area contributed by atoms with E-state index in [0.29, 0.717) is 25.1 Å². The van der Waals surface area contributed by atoms with Crippen LogP contribution in [0.4, 0.5) is 0 Å². The third-order valence-electron chi connectivity index (χ3n) is 7.45. The molecule has 0 fully saturated rings. The van der Waals surface area contributed by atoms with Crippen molar-refractivity contribution in [2.75, 3.05) is 18.6 Å². The molecule has 0 aromatic heterocycles. The highest BCUT2D eigenvalue weighted by molar-refractivity contribution is 7.98. The number of hydrogen-bond acceptors (Lipinski definition) is 6. The number of carboxylic acid groups (broad SMARTS) is 2. The number of carbonyl (C=O) groups is 3. The van der Waals surface area contributed by atoms with E-state index in [1.54, 1.807) is 11.8 Å². The van der Waals surface area contributed by atoms with Gasteiger partial charge in [0.15, 0.2) is 0 Å². The van der Waals surface area contributed by atoms with Crippen LogP contribution in [0.5, 0.6) is 0 Å². The topological polar surface area (TPSA) is 140 Å². The van der Waals surface area contributed by atoms with Gasteiger partial charge in [0.1, 0.15) is 0 Å². The van der Waals surface area contributed by atoms with E-state index in [4.69, 9.17) is 10.2 Å². The SMILES string of the molecule is CSCCC(NC(c1ccccc1)c1ccccc1)C(=O)NCCCC(C#N)(c1ccccc1)C(C)C.O=C(O)/C=C\C(=O)O. The molecule has 45 heavy (non-hydrogen) atoms. The third kappa shape index (κ3) is 12.3. The average molecular weight is 630 g/mol. The van der Waals surface area contributed by atoms with Gasteiger partial charge in [-0.1, -0.05) is 105 Å². The standard InChI is InChI=1S/C32H39N3OS.C4H4O4/c1-25(2)32(24-33,28-18-11-6-12-19-28)21-13-22-34-31(36)29(20-23-37-3)35-30(26-14-7-4-8-15-26)27-16-9-5-10-17-27;5-3(6)1-2-4(7)8/h4-12,14-19,25,29-30,35H,13,20-23H2,1-3H3,(H,34,36);1-2H,(H,5,6)(H,7,8)/b;2-1-. The fourth-order valence-corrected chi connectivity index (χ4v) is 5.47. The minimum Gasteiger partial charge on any atom is -0.478 e. The fraction of sp³-hybridized carbons (Fsp3) is 0.333. The number of carbonyl (C=O) groups excluding carboxylic acids is 1. The molecule has 1 amide bonds. The van der Waals surface area contributed by atoms with Crippen molar-refractivity contribution < 1.29 is 24.6 Å². The minimum absolute atomic E-state index is 0.0118. The van der Waals surface area contributed by atoms with Crippen molar-refractivity contribution in [3.05, 3.63) is 120 Å². The molecule has 0 saturated heterocycles. The number of thioether (sulfide) groups is 1. The molecule has 0 spiro atoms. The zero-order valence-electron chi connectivity index (χ0n) is 26.1. The van der Waals surface area contributed by atoms with Gasteiger partial charge in [-0.25, -0.2) is 9.59 Å². The summed E-state index contributed by atoms with van der Waals surface area (Å²) in [5.74, 6) is -1.44. The summed E-state index contributed by atoms with van der Waals surface area (Å²) >= 11 is 1.75. The summed E-state index contributed by atoms with van der Waals surface area (Å²) in [6, 6.07) is 32.8. The highest BCUT2D eigenvalue weighted by Crippen LogP contribution is 2.36. The molecule has 3 aromatic carbocycles. The number of nitrogens with zero attached hydrogens (tertiary/aromatic N) is 1. The first-order valence-corrected chi connectivity index (χ1v) is 16.3. The number of aliphatic carboxylic acids is 2. The number of benzene rings is 3. The smallest absolute Gasteiger partial charge is 0.328 e. The van der Waals surface area contributed by atoms with Crippen molar-refractivity contribution in [2.24, 2.45) is 5.92 Å². The Balaban J connectivity index is 0.000000777. The van der Waals surface area contributed by atoms with Crippen LogP contribution in [0.2, 0.25) is 0 Å². The van der Waals surface area contributed by atoms with Crippen molar-refractivity contribution >= 4 is 29.6 Å². The summed E-state index contributed by atoms with van der Waals surface area (Å²) in [7, 11) is 0. The second kappa shape index (κ2) is 19.8. The Kier molecular flexibility index (Phi) is 16.2. The van der Waals surface area contributed by atoms with Gasteiger partial charge in [-0.15, -0.1) is 0 Å². The molecule has 0 radical (unpaired) electrons. The fourth-order valence-electron chi connectivity index (χ4n) is 5.00. The lowest BCUT2D eigenvalue weighted by atomic mass is 9.70. The molecule has 2 unspecified atom stereocenters. The van der Waals surface area contributed by atoms with Crippen molar-refractivity contribution in [1.82, 2.24) is 10.6 Å². The number of carboxylic acids is 2. The monoisotopic (exact) mass is 629 g/mol. The largest absolute Gasteiger partial charge is 0.478 e. The molecule has 0 aliphatic heterocycles. The summed E-state index contributed by atoms with van der Waals surface area (Å²) in [6.07, 6.45) is 5.36. The van der Waals surface area contributed by atoms with Gasteiger partial charge < -0.3 is 15.5 Å². The van der Waals surface area contributed by atoms with Crippen LogP contribution in [-0.2, 0) is 19.8 Å². The Hall–Kier alpha value is -4.39. The molecule has 8 nitrogen and oxygen atoms in total. The maximum Gasteiger partial charge on any atom is 0.328 e. The first-order valence-electron chi connectivity index (χ1n) is 14.9. The number of nitrogens with one attached hydrogen (secondary N) is 2. The molecule has 0 heterocycles. The first kappa shape index (κ1) is 36.8. The molecule has 0 aliphatic carbocycles. The lowest BCUT2D eigenvalue weighted by Gasteiger charge is -2.31. The summed E-state index contributed by atoms with van der Waals surface area (Å²) in [4.78, 5) is 32.5. The third-order valence-corrected chi connectivity index (χ3v) is 8.09. The average Bonchev–Trinajstić information content (AvgIpc) is 3.05. The van der Waals surface area contributed by atoms with Crippen LogP contribution < -0.4 is 10.6 Å². The second-order valence-corrected chi connectivity index (χ2v) is 11.7. The Morgan fingerprint density at radius 3 is 1.78 bits per heavy atom. The zero-order valence-corrected chi connectivity index (χ0v) is 26.9. The van der Waals surface area contributed by atoms with E-state index in [9.17, 15) is 19.6 Å². The summed E-state index contributed by atoms with van der Waals surface area (Å²) in [5.41, 5.74) is 2.75. The van der Waals surface area contributed by atoms with Crippen LogP contribution >= 0.6 is 11.8 Å². The summed E-state index contributed by atoms with van der Waals surface area (Å²) in [6.45, 7) is 4.75. The van der Waals surface area contributed by atoms with Gasteiger partial charge in [-0.2, -0.15) is 17.0 Å². The van der Waals surface area contributed by atoms with Crippen LogP contribution in [0.25, 0.3) is 0 Å². The van der Waals surface area contributed by atoms with E-state index in [1.807, 2.05) is 66.7 Å². The van der Waals surface area contributed by atoms with Gasteiger partial charge in [0.25, 0.3) is 0 Å². The van der Waals surface area contributed by atoms with Gasteiger partial charge in [-0.05, 0) is 53.9 Å². The molecule has 9 heteroatoms. The number of rotatable bonds is 16. The van der Waals surface area contributed by atoms with Gasteiger partial charge in [0.05, 0.1) is 23.6 Å². The molecular weight excluding hydrogens is 586 g/mol. The summed E-state index contributed by atoms with van der Waals surface area (Å²) in [5, 5.41) is 32.6. The number of amides is 1. The highest BCUT2D eigenvalue weighted by atomic mass is 32.2. The maximum absolute atomic E-state index is 13.4. The van der Waals surface area contributed by atoms with Gasteiger partial charge in [0, 0.05) is 18.7 Å². The quantitative estimate of drug-likeness (QED) is 0.108. The van der Waals surface area contributed by atoms with Crippen molar-refractivity contribution in [3.8, 4) is 6.07 Å². The van der Waals surface area contributed by atoms with Crippen molar-refractivity contribution in [2.45, 2.75) is 50.6 Å². The van der Waals surface area contributed by atoms with Crippen LogP contribution in [-0.4, -0.2) is 52.7 Å². The predicted molar refractivity (Wildman–Crippen MR) is 180 cm³/mol. The van der Waals surface area contributed by atoms with E-state index in [0.717, 1.165) is 35.3 Å². The Bertz CT molecular complexity index is 1340. The Morgan fingerprint density at radius 2 is 1.36 bits per heavy atom. The molecule has 4 N–H and O–H groups in total. The Morgan fingerprint density at radius 1 is 0.867 bits per heavy atom. The molecular formula is C36H43N3O5S. The van der Waals surface area contributed by atoms with Crippen LogP contribution in [0.3, 0.4) is 0 Å². The molecule has 238 valence electrons. The molecule has 0 bridgehead atoms. The molecule has 0 aliphatic rings. The van der Waals surface area contributed by atoms with Crippen LogP contribution in [0.15, 0.2) is 103 Å². The van der Waals surface area contributed by atoms with E-state index < -0.39 is 17.4 Å². The maximum atomic E-state index is 13.4. The van der Waals surface area contributed by atoms with Crippen molar-refractivity contribution in [1.29, 1.82) is 5.26 Å². The lowest BCUT2D eigenvalue weighted by molar-refractivity contribution is -0.134.